The van der Waals surface area contributed by atoms with E-state index >= 15 is 0 Å². The molecule has 0 bridgehead atoms. The number of nitrogens with two attached hydrogens (primary N) is 1. The first-order valence-corrected chi connectivity index (χ1v) is 6.95. The second-order valence-corrected chi connectivity index (χ2v) is 6.52. The van der Waals surface area contributed by atoms with E-state index in [2.05, 4.69) is 30.8 Å². The Balaban J connectivity index is 1.74. The number of anilines is 1. The van der Waals surface area contributed by atoms with Gasteiger partial charge in [0.25, 0.3) is 0 Å². The van der Waals surface area contributed by atoms with Gasteiger partial charge in [0.05, 0.1) is 18.4 Å². The lowest BCUT2D eigenvalue weighted by Gasteiger charge is -2.38. The molecule has 18 heavy (non-hydrogen) atoms. The van der Waals surface area contributed by atoms with Gasteiger partial charge in [0.15, 0.2) is 0 Å². The van der Waals surface area contributed by atoms with Crippen LogP contribution in [0.25, 0.3) is 0 Å². The van der Waals surface area contributed by atoms with Crippen molar-refractivity contribution >= 4 is 5.69 Å². The summed E-state index contributed by atoms with van der Waals surface area (Å²) in [4.78, 5) is 2.54. The van der Waals surface area contributed by atoms with Crippen LogP contribution in [0.3, 0.4) is 0 Å². The molecule has 0 aliphatic carbocycles. The van der Waals surface area contributed by atoms with E-state index in [4.69, 9.17) is 5.73 Å². The lowest BCUT2D eigenvalue weighted by molar-refractivity contribution is 0.109. The van der Waals surface area contributed by atoms with Crippen LogP contribution < -0.4 is 5.73 Å². The van der Waals surface area contributed by atoms with Crippen molar-refractivity contribution in [1.29, 1.82) is 0 Å². The van der Waals surface area contributed by atoms with Crippen LogP contribution in [0.15, 0.2) is 12.4 Å². The molecule has 0 aromatic carbocycles. The number of hydrogen-bond donors (Lipinski definition) is 1. The fourth-order valence-corrected chi connectivity index (χ4v) is 2.77. The van der Waals surface area contributed by atoms with Gasteiger partial charge in [0.1, 0.15) is 0 Å². The van der Waals surface area contributed by atoms with Gasteiger partial charge in [-0.15, -0.1) is 0 Å². The third-order valence-corrected chi connectivity index (χ3v) is 4.11. The smallest absolute Gasteiger partial charge is 0.0719 e. The topological polar surface area (TPSA) is 47.1 Å². The van der Waals surface area contributed by atoms with E-state index in [0.717, 1.165) is 24.7 Å². The summed E-state index contributed by atoms with van der Waals surface area (Å²) in [5, 5.41) is 4.22. The van der Waals surface area contributed by atoms with Crippen LogP contribution in [0.2, 0.25) is 0 Å². The fourth-order valence-electron chi connectivity index (χ4n) is 2.77. The SMILES string of the molecule is CC(C)(C)C1CCN(CCn2cc(N)cn2)CC1. The Morgan fingerprint density at radius 3 is 2.44 bits per heavy atom. The summed E-state index contributed by atoms with van der Waals surface area (Å²) >= 11 is 0. The zero-order chi connectivity index (χ0) is 13.2. The molecule has 4 nitrogen and oxygen atoms in total. The van der Waals surface area contributed by atoms with Crippen molar-refractivity contribution in [2.24, 2.45) is 11.3 Å². The molecule has 1 aliphatic rings. The number of rotatable bonds is 3. The molecule has 0 spiro atoms. The Labute approximate surface area is 110 Å². The fraction of sp³-hybridized carbons (Fsp3) is 0.786. The van der Waals surface area contributed by atoms with Crippen molar-refractivity contribution in [3.8, 4) is 0 Å². The Hall–Kier alpha value is -1.03. The standard InChI is InChI=1S/C14H26N4/c1-14(2,3)12-4-6-17(7-5-12)8-9-18-11-13(15)10-16-18/h10-12H,4-9,15H2,1-3H3. The molecule has 1 aromatic heterocycles. The average Bonchev–Trinajstić information content (AvgIpc) is 2.72. The predicted molar refractivity (Wildman–Crippen MR) is 75.3 cm³/mol. The molecule has 0 unspecified atom stereocenters. The minimum absolute atomic E-state index is 0.461. The van der Waals surface area contributed by atoms with Crippen molar-refractivity contribution in [3.63, 3.8) is 0 Å². The highest BCUT2D eigenvalue weighted by Gasteiger charge is 2.28. The van der Waals surface area contributed by atoms with Gasteiger partial charge in [-0.2, -0.15) is 5.10 Å². The van der Waals surface area contributed by atoms with E-state index in [-0.39, 0.29) is 0 Å². The Bertz CT molecular complexity index is 369. The Morgan fingerprint density at radius 2 is 1.94 bits per heavy atom. The van der Waals surface area contributed by atoms with Crippen molar-refractivity contribution in [3.05, 3.63) is 12.4 Å². The summed E-state index contributed by atoms with van der Waals surface area (Å²) in [5.74, 6) is 0.870. The Morgan fingerprint density at radius 1 is 1.28 bits per heavy atom. The third kappa shape index (κ3) is 3.48. The van der Waals surface area contributed by atoms with Gasteiger partial charge < -0.3 is 10.6 Å². The van der Waals surface area contributed by atoms with Crippen molar-refractivity contribution in [2.75, 3.05) is 25.4 Å². The van der Waals surface area contributed by atoms with Crippen LogP contribution in [-0.2, 0) is 6.54 Å². The highest BCUT2D eigenvalue weighted by molar-refractivity contribution is 5.30. The van der Waals surface area contributed by atoms with Crippen LogP contribution in [-0.4, -0.2) is 34.3 Å². The van der Waals surface area contributed by atoms with E-state index in [1.807, 2.05) is 10.9 Å². The molecule has 1 saturated heterocycles. The second-order valence-electron chi connectivity index (χ2n) is 6.52. The maximum atomic E-state index is 5.66. The third-order valence-electron chi connectivity index (χ3n) is 4.11. The maximum absolute atomic E-state index is 5.66. The number of piperidine rings is 1. The quantitative estimate of drug-likeness (QED) is 0.895. The first-order valence-electron chi connectivity index (χ1n) is 6.95. The number of nitrogen functional groups attached to an aromatic ring is 1. The summed E-state index contributed by atoms with van der Waals surface area (Å²) in [6.07, 6.45) is 6.27. The summed E-state index contributed by atoms with van der Waals surface area (Å²) in [6.45, 7) is 11.5. The van der Waals surface area contributed by atoms with Gasteiger partial charge in [-0.1, -0.05) is 20.8 Å². The molecular weight excluding hydrogens is 224 g/mol. The normalized spacial score (nSPS) is 19.3. The summed E-state index contributed by atoms with van der Waals surface area (Å²) < 4.78 is 1.94. The van der Waals surface area contributed by atoms with Gasteiger partial charge in [-0.25, -0.2) is 0 Å². The lowest BCUT2D eigenvalue weighted by Crippen LogP contribution is -2.39. The maximum Gasteiger partial charge on any atom is 0.0719 e. The van der Waals surface area contributed by atoms with E-state index < -0.39 is 0 Å². The molecule has 2 N–H and O–H groups in total. The van der Waals surface area contributed by atoms with E-state index in [9.17, 15) is 0 Å². The molecule has 2 heterocycles. The van der Waals surface area contributed by atoms with Crippen LogP contribution in [0.1, 0.15) is 33.6 Å². The van der Waals surface area contributed by atoms with Gasteiger partial charge >= 0.3 is 0 Å². The number of nitrogens with zero attached hydrogens (tertiary/aromatic N) is 3. The van der Waals surface area contributed by atoms with Crippen LogP contribution in [0.5, 0.6) is 0 Å². The molecule has 0 amide bonds. The zero-order valence-electron chi connectivity index (χ0n) is 11.9. The molecule has 2 rings (SSSR count). The monoisotopic (exact) mass is 250 g/mol. The van der Waals surface area contributed by atoms with Gasteiger partial charge in [0.2, 0.25) is 0 Å². The molecule has 0 radical (unpaired) electrons. The van der Waals surface area contributed by atoms with Crippen LogP contribution in [0, 0.1) is 11.3 Å². The molecule has 0 atom stereocenters. The van der Waals surface area contributed by atoms with E-state index in [0.29, 0.717) is 5.41 Å². The van der Waals surface area contributed by atoms with Gasteiger partial charge in [-0.3, -0.25) is 4.68 Å². The summed E-state index contributed by atoms with van der Waals surface area (Å²) in [5.41, 5.74) is 6.87. The summed E-state index contributed by atoms with van der Waals surface area (Å²) in [6, 6.07) is 0. The first-order chi connectivity index (χ1) is 8.45. The molecule has 4 heteroatoms. The van der Waals surface area contributed by atoms with E-state index in [1.165, 1.54) is 25.9 Å². The minimum atomic E-state index is 0.461. The van der Waals surface area contributed by atoms with E-state index in [1.54, 1.807) is 6.20 Å². The first kappa shape index (κ1) is 13.4. The predicted octanol–water partition coefficient (Wildman–Crippen LogP) is 2.22. The van der Waals surface area contributed by atoms with Crippen molar-refractivity contribution < 1.29 is 0 Å². The highest BCUT2D eigenvalue weighted by Crippen LogP contribution is 2.34. The lowest BCUT2D eigenvalue weighted by atomic mass is 9.75. The molecule has 1 aliphatic heterocycles. The van der Waals surface area contributed by atoms with Gasteiger partial charge in [0, 0.05) is 12.7 Å². The molecular formula is C14H26N4. The highest BCUT2D eigenvalue weighted by atomic mass is 15.3. The summed E-state index contributed by atoms with van der Waals surface area (Å²) in [7, 11) is 0. The van der Waals surface area contributed by atoms with Crippen LogP contribution >= 0.6 is 0 Å². The number of likely N-dealkylation sites (tertiary alicyclic amines) is 1. The largest absolute Gasteiger partial charge is 0.396 e. The molecule has 0 saturated carbocycles. The number of hydrogen-bond acceptors (Lipinski definition) is 3. The second kappa shape index (κ2) is 5.31. The minimum Gasteiger partial charge on any atom is -0.396 e. The molecule has 1 fully saturated rings. The number of aromatic nitrogens is 2. The molecule has 1 aromatic rings. The van der Waals surface area contributed by atoms with Crippen molar-refractivity contribution in [2.45, 2.75) is 40.2 Å². The van der Waals surface area contributed by atoms with Gasteiger partial charge in [-0.05, 0) is 37.3 Å². The zero-order valence-corrected chi connectivity index (χ0v) is 11.9. The van der Waals surface area contributed by atoms with Crippen LogP contribution in [0.4, 0.5) is 5.69 Å². The Kier molecular flexibility index (Phi) is 3.95. The average molecular weight is 250 g/mol. The van der Waals surface area contributed by atoms with Crippen molar-refractivity contribution in [1.82, 2.24) is 14.7 Å². The molecule has 102 valence electrons.